The van der Waals surface area contributed by atoms with Crippen LogP contribution in [0.5, 0.6) is 0 Å². The minimum absolute atomic E-state index is 0. The van der Waals surface area contributed by atoms with Crippen molar-refractivity contribution < 1.29 is 4.42 Å². The summed E-state index contributed by atoms with van der Waals surface area (Å²) in [5, 5.41) is 3.38. The van der Waals surface area contributed by atoms with Gasteiger partial charge in [-0.3, -0.25) is 0 Å². The highest BCUT2D eigenvalue weighted by Crippen LogP contribution is 2.21. The van der Waals surface area contributed by atoms with Crippen LogP contribution in [0.25, 0.3) is 11.1 Å². The summed E-state index contributed by atoms with van der Waals surface area (Å²) < 4.78 is 5.74. The summed E-state index contributed by atoms with van der Waals surface area (Å²) in [6.45, 7) is 2.26. The van der Waals surface area contributed by atoms with E-state index in [4.69, 9.17) is 4.42 Å². The number of fused-ring (bicyclic) bond motifs is 1. The number of para-hydroxylation sites is 2. The molecule has 1 aliphatic heterocycles. The standard InChI is InChI=1S/C13H16N2O.ClH/c1-2-4-12-11(3-1)15-13(16-12)9-10-5-7-14-8-6-10;/h1-4,10,14H,5-9H2;1H. The molecule has 1 aliphatic rings. The van der Waals surface area contributed by atoms with Gasteiger partial charge in [-0.1, -0.05) is 12.1 Å². The molecule has 1 aromatic carbocycles. The van der Waals surface area contributed by atoms with Gasteiger partial charge in [-0.15, -0.1) is 12.4 Å². The molecule has 2 heterocycles. The van der Waals surface area contributed by atoms with Crippen molar-refractivity contribution in [1.29, 1.82) is 0 Å². The molecule has 2 aromatic rings. The number of aromatic nitrogens is 1. The lowest BCUT2D eigenvalue weighted by atomic mass is 9.95. The smallest absolute Gasteiger partial charge is 0.195 e. The summed E-state index contributed by atoms with van der Waals surface area (Å²) in [5.74, 6) is 1.63. The van der Waals surface area contributed by atoms with E-state index in [0.29, 0.717) is 0 Å². The molecule has 0 amide bonds. The monoisotopic (exact) mass is 252 g/mol. The summed E-state index contributed by atoms with van der Waals surface area (Å²) in [6, 6.07) is 7.97. The highest BCUT2D eigenvalue weighted by atomic mass is 35.5. The average Bonchev–Trinajstić information content (AvgIpc) is 2.72. The maximum Gasteiger partial charge on any atom is 0.195 e. The Morgan fingerprint density at radius 3 is 2.76 bits per heavy atom. The Labute approximate surface area is 107 Å². The highest BCUT2D eigenvalue weighted by Gasteiger charge is 2.16. The van der Waals surface area contributed by atoms with E-state index in [-0.39, 0.29) is 12.4 Å². The molecule has 0 saturated carbocycles. The first-order valence-electron chi connectivity index (χ1n) is 5.97. The average molecular weight is 253 g/mol. The Hall–Kier alpha value is -1.06. The summed E-state index contributed by atoms with van der Waals surface area (Å²) in [7, 11) is 0. The van der Waals surface area contributed by atoms with E-state index >= 15 is 0 Å². The van der Waals surface area contributed by atoms with Gasteiger partial charge in [0.15, 0.2) is 11.5 Å². The second-order valence-electron chi connectivity index (χ2n) is 4.47. The van der Waals surface area contributed by atoms with Crippen LogP contribution in [0, 0.1) is 5.92 Å². The van der Waals surface area contributed by atoms with Crippen LogP contribution in [0.3, 0.4) is 0 Å². The van der Waals surface area contributed by atoms with Gasteiger partial charge < -0.3 is 9.73 Å². The van der Waals surface area contributed by atoms with Gasteiger partial charge in [0.25, 0.3) is 0 Å². The minimum atomic E-state index is 0. The highest BCUT2D eigenvalue weighted by molar-refractivity contribution is 5.85. The molecular formula is C13H17ClN2O. The van der Waals surface area contributed by atoms with E-state index in [1.165, 1.54) is 12.8 Å². The molecule has 0 atom stereocenters. The molecule has 0 bridgehead atoms. The normalized spacial score (nSPS) is 16.9. The molecule has 92 valence electrons. The number of benzene rings is 1. The number of rotatable bonds is 2. The third-order valence-electron chi connectivity index (χ3n) is 3.26. The largest absolute Gasteiger partial charge is 0.441 e. The maximum atomic E-state index is 5.74. The number of halogens is 1. The van der Waals surface area contributed by atoms with E-state index < -0.39 is 0 Å². The zero-order valence-electron chi connectivity index (χ0n) is 9.69. The molecule has 0 unspecified atom stereocenters. The van der Waals surface area contributed by atoms with E-state index in [0.717, 1.165) is 42.4 Å². The Morgan fingerprint density at radius 2 is 2.00 bits per heavy atom. The number of piperidine rings is 1. The lowest BCUT2D eigenvalue weighted by Crippen LogP contribution is -2.28. The number of nitrogens with zero attached hydrogens (tertiary/aromatic N) is 1. The predicted octanol–water partition coefficient (Wildman–Crippen LogP) is 2.79. The lowest BCUT2D eigenvalue weighted by Gasteiger charge is -2.20. The van der Waals surface area contributed by atoms with Gasteiger partial charge in [0.05, 0.1) is 0 Å². The van der Waals surface area contributed by atoms with Gasteiger partial charge in [-0.05, 0) is 44.0 Å². The zero-order valence-corrected chi connectivity index (χ0v) is 10.5. The van der Waals surface area contributed by atoms with Gasteiger partial charge in [-0.25, -0.2) is 4.98 Å². The summed E-state index contributed by atoms with van der Waals surface area (Å²) in [5.41, 5.74) is 1.89. The first-order chi connectivity index (χ1) is 7.92. The molecule has 0 radical (unpaired) electrons. The molecular weight excluding hydrogens is 236 g/mol. The molecule has 1 aromatic heterocycles. The molecule has 4 heteroatoms. The quantitative estimate of drug-likeness (QED) is 0.893. The van der Waals surface area contributed by atoms with Crippen molar-refractivity contribution in [2.45, 2.75) is 19.3 Å². The van der Waals surface area contributed by atoms with Gasteiger partial charge in [0.2, 0.25) is 0 Å². The minimum Gasteiger partial charge on any atom is -0.441 e. The molecule has 0 aliphatic carbocycles. The van der Waals surface area contributed by atoms with Crippen LogP contribution in [-0.2, 0) is 6.42 Å². The summed E-state index contributed by atoms with van der Waals surface area (Å²) in [6.07, 6.45) is 3.45. The topological polar surface area (TPSA) is 38.1 Å². The fraction of sp³-hybridized carbons (Fsp3) is 0.462. The summed E-state index contributed by atoms with van der Waals surface area (Å²) in [4.78, 5) is 4.52. The number of oxazole rings is 1. The first-order valence-corrected chi connectivity index (χ1v) is 5.97. The number of hydrogen-bond acceptors (Lipinski definition) is 3. The second kappa shape index (κ2) is 5.52. The van der Waals surface area contributed by atoms with Crippen LogP contribution in [0.2, 0.25) is 0 Å². The van der Waals surface area contributed by atoms with Crippen molar-refractivity contribution in [2.24, 2.45) is 5.92 Å². The Balaban J connectivity index is 0.00000108. The molecule has 1 saturated heterocycles. The van der Waals surface area contributed by atoms with Gasteiger partial charge in [-0.2, -0.15) is 0 Å². The number of hydrogen-bond donors (Lipinski definition) is 1. The van der Waals surface area contributed by atoms with Crippen molar-refractivity contribution in [3.63, 3.8) is 0 Å². The van der Waals surface area contributed by atoms with E-state index in [2.05, 4.69) is 10.3 Å². The number of nitrogens with one attached hydrogen (secondary N) is 1. The molecule has 3 nitrogen and oxygen atoms in total. The molecule has 1 N–H and O–H groups in total. The molecule has 17 heavy (non-hydrogen) atoms. The Kier molecular flexibility index (Phi) is 4.02. The van der Waals surface area contributed by atoms with Crippen LogP contribution >= 0.6 is 12.4 Å². The third-order valence-corrected chi connectivity index (χ3v) is 3.26. The second-order valence-corrected chi connectivity index (χ2v) is 4.47. The van der Waals surface area contributed by atoms with Crippen molar-refractivity contribution in [3.8, 4) is 0 Å². The van der Waals surface area contributed by atoms with Crippen LogP contribution in [0.4, 0.5) is 0 Å². The predicted molar refractivity (Wildman–Crippen MR) is 70.6 cm³/mol. The Morgan fingerprint density at radius 1 is 1.24 bits per heavy atom. The van der Waals surface area contributed by atoms with Gasteiger partial charge in [0.1, 0.15) is 5.52 Å². The van der Waals surface area contributed by atoms with Crippen molar-refractivity contribution in [3.05, 3.63) is 30.2 Å². The zero-order chi connectivity index (χ0) is 10.8. The SMILES string of the molecule is Cl.c1ccc2oc(CC3CCNCC3)nc2c1. The molecule has 0 spiro atoms. The summed E-state index contributed by atoms with van der Waals surface area (Å²) >= 11 is 0. The molecule has 1 fully saturated rings. The van der Waals surface area contributed by atoms with Crippen LogP contribution in [-0.4, -0.2) is 18.1 Å². The van der Waals surface area contributed by atoms with Crippen LogP contribution in [0.15, 0.2) is 28.7 Å². The van der Waals surface area contributed by atoms with Gasteiger partial charge in [0, 0.05) is 6.42 Å². The maximum absolute atomic E-state index is 5.74. The van der Waals surface area contributed by atoms with Crippen molar-refractivity contribution in [1.82, 2.24) is 10.3 Å². The Bertz CT molecular complexity index is 444. The van der Waals surface area contributed by atoms with Crippen molar-refractivity contribution >= 4 is 23.5 Å². The fourth-order valence-electron chi connectivity index (χ4n) is 2.34. The lowest BCUT2D eigenvalue weighted by molar-refractivity contribution is 0.346. The van der Waals surface area contributed by atoms with Gasteiger partial charge >= 0.3 is 0 Å². The first kappa shape index (κ1) is 12.4. The van der Waals surface area contributed by atoms with Crippen LogP contribution < -0.4 is 5.32 Å². The fourth-order valence-corrected chi connectivity index (χ4v) is 2.34. The van der Waals surface area contributed by atoms with Crippen LogP contribution in [0.1, 0.15) is 18.7 Å². The van der Waals surface area contributed by atoms with E-state index in [9.17, 15) is 0 Å². The van der Waals surface area contributed by atoms with E-state index in [1.54, 1.807) is 0 Å². The third kappa shape index (κ3) is 2.79. The van der Waals surface area contributed by atoms with Crippen molar-refractivity contribution in [2.75, 3.05) is 13.1 Å². The molecule has 3 rings (SSSR count). The van der Waals surface area contributed by atoms with E-state index in [1.807, 2.05) is 24.3 Å².